The molecular formula is C20H25N6OZr. The van der Waals surface area contributed by atoms with Gasteiger partial charge in [-0.1, -0.05) is 40.7 Å². The Labute approximate surface area is 190 Å². The van der Waals surface area contributed by atoms with Gasteiger partial charge >= 0.3 is 26.2 Å². The van der Waals surface area contributed by atoms with E-state index in [1.54, 1.807) is 21.6 Å². The zero-order valence-corrected chi connectivity index (χ0v) is 18.8. The van der Waals surface area contributed by atoms with Gasteiger partial charge in [-0.2, -0.15) is 5.10 Å². The number of benzene rings is 2. The minimum Gasteiger partial charge on any atom is -0.412 e. The van der Waals surface area contributed by atoms with E-state index in [0.717, 1.165) is 22.5 Å². The SMILES string of the molecule is Cn1cc(-c2[c-]cccc2)nn1.[2H]O[2H].[2H]c1ccccc1-c1cn(C)nn1.[CH3-].[CH3-].[Zr+3]. The minimum atomic E-state index is 0. The Bertz CT molecular complexity index is 982. The van der Waals surface area contributed by atoms with Gasteiger partial charge < -0.3 is 20.3 Å². The Morgan fingerprint density at radius 3 is 2.04 bits per heavy atom. The van der Waals surface area contributed by atoms with Crippen LogP contribution in [0.15, 0.2) is 67.0 Å². The summed E-state index contributed by atoms with van der Waals surface area (Å²) in [6.45, 7) is 0. The number of hydrogen-bond donors (Lipinski definition) is 0. The fourth-order valence-electron chi connectivity index (χ4n) is 2.05. The number of rotatable bonds is 2. The molecule has 28 heavy (non-hydrogen) atoms. The molecule has 2 heterocycles. The summed E-state index contributed by atoms with van der Waals surface area (Å²) in [5, 5.41) is 15.6. The molecule has 0 saturated heterocycles. The van der Waals surface area contributed by atoms with Crippen molar-refractivity contribution in [2.75, 3.05) is 0 Å². The molecule has 8 heteroatoms. The third kappa shape index (κ3) is 7.66. The predicted octanol–water partition coefficient (Wildman–Crippen LogP) is 2.84. The van der Waals surface area contributed by atoms with Crippen LogP contribution in [0.2, 0.25) is 0 Å². The molecule has 7 nitrogen and oxygen atoms in total. The second kappa shape index (κ2) is 13.7. The van der Waals surface area contributed by atoms with Crippen LogP contribution in [-0.4, -0.2) is 38.3 Å². The smallest absolute Gasteiger partial charge is 0.412 e. The third-order valence-electron chi connectivity index (χ3n) is 3.18. The zero-order valence-electron chi connectivity index (χ0n) is 19.4. The van der Waals surface area contributed by atoms with Crippen LogP contribution >= 0.6 is 0 Å². The summed E-state index contributed by atoms with van der Waals surface area (Å²) in [6.07, 6.45) is 3.67. The summed E-state index contributed by atoms with van der Waals surface area (Å²) in [5.74, 6) is 0. The maximum Gasteiger partial charge on any atom is 3.00 e. The van der Waals surface area contributed by atoms with E-state index in [2.05, 4.69) is 32.2 Å². The molecule has 4 aromatic rings. The molecule has 0 bridgehead atoms. The van der Waals surface area contributed by atoms with E-state index in [0.29, 0.717) is 6.04 Å². The van der Waals surface area contributed by atoms with Crippen molar-refractivity contribution in [2.45, 2.75) is 0 Å². The monoisotopic (exact) mass is 458 g/mol. The average molecular weight is 460 g/mol. The van der Waals surface area contributed by atoms with E-state index in [-0.39, 0.29) is 41.1 Å². The Morgan fingerprint density at radius 1 is 0.929 bits per heavy atom. The largest absolute Gasteiger partial charge is 3.00 e. The van der Waals surface area contributed by atoms with Crippen molar-refractivity contribution in [3.63, 3.8) is 0 Å². The quantitative estimate of drug-likeness (QED) is 0.431. The van der Waals surface area contributed by atoms with Crippen LogP contribution in [0.5, 0.6) is 0 Å². The van der Waals surface area contributed by atoms with Gasteiger partial charge in [0.15, 0.2) is 0 Å². The van der Waals surface area contributed by atoms with Crippen LogP contribution in [0.3, 0.4) is 0 Å². The molecule has 2 aromatic heterocycles. The van der Waals surface area contributed by atoms with Gasteiger partial charge in [-0.3, -0.25) is 9.36 Å². The molecule has 0 atom stereocenters. The van der Waals surface area contributed by atoms with Crippen LogP contribution in [-0.2, 0) is 40.3 Å². The molecule has 0 aliphatic heterocycles. The van der Waals surface area contributed by atoms with Gasteiger partial charge in [0.25, 0.3) is 0 Å². The molecule has 0 saturated carbocycles. The number of nitrogens with zero attached hydrogens (tertiary/aromatic N) is 6. The van der Waals surface area contributed by atoms with Crippen LogP contribution in [0.25, 0.3) is 22.5 Å². The van der Waals surface area contributed by atoms with Crippen LogP contribution in [0.4, 0.5) is 0 Å². The summed E-state index contributed by atoms with van der Waals surface area (Å²) in [7, 11) is 3.66. The molecule has 0 unspecified atom stereocenters. The summed E-state index contributed by atoms with van der Waals surface area (Å²) in [4.78, 5) is 0. The van der Waals surface area contributed by atoms with Gasteiger partial charge in [0.1, 0.15) is 5.69 Å². The number of hydrogen-bond acceptors (Lipinski definition) is 4. The van der Waals surface area contributed by atoms with E-state index in [4.69, 9.17) is 4.23 Å². The van der Waals surface area contributed by atoms with Crippen molar-refractivity contribution < 1.29 is 33.1 Å². The summed E-state index contributed by atoms with van der Waals surface area (Å²) in [6, 6.07) is 18.6. The minimum absolute atomic E-state index is 0. The summed E-state index contributed by atoms with van der Waals surface area (Å²) in [5.41, 5.74) is 6.15. The van der Waals surface area contributed by atoms with Gasteiger partial charge in [-0.25, -0.2) is 0 Å². The Morgan fingerprint density at radius 2 is 1.54 bits per heavy atom. The first kappa shape index (κ1) is 21.9. The average Bonchev–Trinajstić information content (AvgIpc) is 3.33. The van der Waals surface area contributed by atoms with Crippen LogP contribution in [0, 0.1) is 20.9 Å². The van der Waals surface area contributed by atoms with E-state index < -0.39 is 0 Å². The van der Waals surface area contributed by atoms with Gasteiger partial charge in [-0.05, 0) is 0 Å². The Balaban J connectivity index is 0. The number of aryl methyl sites for hydroxylation is 2. The van der Waals surface area contributed by atoms with Crippen LogP contribution < -0.4 is 0 Å². The normalized spacial score (nSPS) is 9.86. The standard InChI is InChI=1S/C9H9N3.C9H8N3.2CH3.H2O.Zr/c2*1-12-7-9(10-11-12)8-5-3-2-4-6-8;;;;/h2-7H,1H3;2-5,7H,1H3;2*1H3;1H2;/q;3*-1;;+3/i5D;;;;;/hD2. The van der Waals surface area contributed by atoms with E-state index >= 15 is 0 Å². The van der Waals surface area contributed by atoms with Gasteiger partial charge in [0.05, 0.1) is 7.57 Å². The van der Waals surface area contributed by atoms with Gasteiger partial charge in [0, 0.05) is 31.5 Å². The van der Waals surface area contributed by atoms with E-state index in [1.807, 2.05) is 62.8 Å². The third-order valence-corrected chi connectivity index (χ3v) is 3.18. The molecule has 1 radical (unpaired) electrons. The summed E-state index contributed by atoms with van der Waals surface area (Å²) < 4.78 is 21.7. The molecule has 0 fully saturated rings. The fraction of sp³-hybridized carbons (Fsp3) is 0.100. The summed E-state index contributed by atoms with van der Waals surface area (Å²) >= 11 is 0. The molecule has 0 aliphatic carbocycles. The first-order chi connectivity index (χ1) is 13.5. The maximum atomic E-state index is 7.64. The molecule has 0 amide bonds. The second-order valence-corrected chi connectivity index (χ2v) is 5.11. The van der Waals surface area contributed by atoms with Gasteiger partial charge in [-0.15, -0.1) is 41.0 Å². The van der Waals surface area contributed by atoms with E-state index in [9.17, 15) is 0 Å². The molecule has 0 spiro atoms. The van der Waals surface area contributed by atoms with Crippen molar-refractivity contribution in [1.82, 2.24) is 30.0 Å². The van der Waals surface area contributed by atoms with Crippen molar-refractivity contribution in [3.8, 4) is 22.5 Å². The topological polar surface area (TPSA) is 92.9 Å². The van der Waals surface area contributed by atoms with Crippen molar-refractivity contribution in [1.29, 1.82) is 2.86 Å². The number of aromatic nitrogens is 6. The molecular weight excluding hydrogens is 431 g/mol. The molecule has 2 aromatic carbocycles. The maximum absolute atomic E-state index is 7.64. The van der Waals surface area contributed by atoms with Crippen molar-refractivity contribution in [3.05, 3.63) is 87.9 Å². The molecule has 0 aliphatic rings. The molecule has 4 rings (SSSR count). The fourth-order valence-corrected chi connectivity index (χ4v) is 2.05. The second-order valence-electron chi connectivity index (χ2n) is 5.11. The zero-order chi connectivity index (χ0) is 20.4. The van der Waals surface area contributed by atoms with Crippen LogP contribution in [0.1, 0.15) is 1.37 Å². The van der Waals surface area contributed by atoms with E-state index in [1.165, 1.54) is 0 Å². The Hall–Kier alpha value is -2.44. The van der Waals surface area contributed by atoms with Gasteiger partial charge in [0.2, 0.25) is 2.86 Å². The molecule has 145 valence electrons. The Kier molecular flexibility index (Phi) is 10.7. The van der Waals surface area contributed by atoms with Crippen molar-refractivity contribution >= 4 is 0 Å². The van der Waals surface area contributed by atoms with Crippen molar-refractivity contribution in [2.24, 2.45) is 14.1 Å². The first-order valence-electron chi connectivity index (χ1n) is 8.71. The predicted molar refractivity (Wildman–Crippen MR) is 108 cm³/mol. The molecule has 2 N–H and O–H groups in total. The first-order valence-corrected chi connectivity index (χ1v) is 7.39.